The second kappa shape index (κ2) is 16.3. The van der Waals surface area contributed by atoms with E-state index in [2.05, 4.69) is 30.2 Å². The van der Waals surface area contributed by atoms with Crippen LogP contribution in [0.5, 0.6) is 0 Å². The van der Waals surface area contributed by atoms with Crippen LogP contribution in [-0.2, 0) is 26.6 Å². The Hall–Kier alpha value is -3.08. The van der Waals surface area contributed by atoms with Crippen LogP contribution in [0.3, 0.4) is 0 Å². The minimum atomic E-state index is -3.68. The van der Waals surface area contributed by atoms with Gasteiger partial charge in [-0.1, -0.05) is 90.0 Å². The highest BCUT2D eigenvalue weighted by Gasteiger charge is 2.26. The molecule has 3 aromatic carbocycles. The second-order valence-electron chi connectivity index (χ2n) is 11.7. The average molecular weight is 638 g/mol. The molecule has 0 unspecified atom stereocenters. The zero-order valence-electron chi connectivity index (χ0n) is 26.6. The first-order valence-electron chi connectivity index (χ1n) is 15.0. The van der Waals surface area contributed by atoms with Gasteiger partial charge in [-0.15, -0.1) is 0 Å². The summed E-state index contributed by atoms with van der Waals surface area (Å²) in [5.74, 6) is 0. The fourth-order valence-electron chi connectivity index (χ4n) is 4.94. The third-order valence-electron chi connectivity index (χ3n) is 7.22. The Kier molecular flexibility index (Phi) is 13.1. The Morgan fingerprint density at radius 3 is 1.34 bits per heavy atom. The zero-order chi connectivity index (χ0) is 32.3. The summed E-state index contributed by atoms with van der Waals surface area (Å²) in [6.07, 6.45) is 1.23. The predicted molar refractivity (Wildman–Crippen MR) is 180 cm³/mol. The SMILES string of the molecule is C=C(C)CN(CCCN(CCCN(CC(=C)C)S(=O)(=O)c1ccc(C)cc1)Cc1ccccc1)S(=O)(=O)c1ccc(C)cc1. The van der Waals surface area contributed by atoms with Gasteiger partial charge in [-0.25, -0.2) is 16.8 Å². The van der Waals surface area contributed by atoms with Gasteiger partial charge in [-0.2, -0.15) is 8.61 Å². The number of rotatable bonds is 18. The number of hydrogen-bond acceptors (Lipinski definition) is 5. The van der Waals surface area contributed by atoms with Gasteiger partial charge in [-0.3, -0.25) is 4.90 Å². The molecule has 0 aliphatic heterocycles. The fourth-order valence-corrected chi connectivity index (χ4v) is 8.02. The van der Waals surface area contributed by atoms with E-state index in [9.17, 15) is 16.8 Å². The van der Waals surface area contributed by atoms with Crippen LogP contribution in [0.15, 0.2) is 113 Å². The molecule has 0 spiro atoms. The van der Waals surface area contributed by atoms with E-state index >= 15 is 0 Å². The van der Waals surface area contributed by atoms with Crippen LogP contribution in [-0.4, -0.2) is 69.6 Å². The smallest absolute Gasteiger partial charge is 0.243 e. The maximum absolute atomic E-state index is 13.5. The number of benzene rings is 3. The van der Waals surface area contributed by atoms with Gasteiger partial charge < -0.3 is 0 Å². The van der Waals surface area contributed by atoms with E-state index in [1.807, 2.05) is 70.2 Å². The highest BCUT2D eigenvalue weighted by Crippen LogP contribution is 2.20. The molecule has 3 aromatic rings. The van der Waals surface area contributed by atoms with Crippen LogP contribution in [0.2, 0.25) is 0 Å². The molecule has 0 saturated carbocycles. The first-order chi connectivity index (χ1) is 20.8. The monoisotopic (exact) mass is 637 g/mol. The van der Waals surface area contributed by atoms with Crippen molar-refractivity contribution in [3.8, 4) is 0 Å². The zero-order valence-corrected chi connectivity index (χ0v) is 28.2. The molecule has 0 N–H and O–H groups in total. The molecule has 0 aliphatic carbocycles. The lowest BCUT2D eigenvalue weighted by molar-refractivity contribution is 0.242. The molecule has 0 atom stereocenters. The molecule has 9 heteroatoms. The quantitative estimate of drug-likeness (QED) is 0.151. The molecule has 238 valence electrons. The van der Waals surface area contributed by atoms with Crippen molar-refractivity contribution >= 4 is 20.0 Å². The third-order valence-corrected chi connectivity index (χ3v) is 10.9. The lowest BCUT2D eigenvalue weighted by Crippen LogP contribution is -2.37. The molecular formula is C35H47N3O4S2. The Morgan fingerprint density at radius 1 is 0.591 bits per heavy atom. The van der Waals surface area contributed by atoms with Crippen LogP contribution in [0.4, 0.5) is 0 Å². The Balaban J connectivity index is 1.73. The maximum Gasteiger partial charge on any atom is 0.243 e. The summed E-state index contributed by atoms with van der Waals surface area (Å²) in [6.45, 7) is 18.6. The number of nitrogens with zero attached hydrogens (tertiary/aromatic N) is 3. The molecular weight excluding hydrogens is 591 g/mol. The van der Waals surface area contributed by atoms with Gasteiger partial charge in [-0.05, 0) is 83.5 Å². The molecule has 7 nitrogen and oxygen atoms in total. The molecule has 0 saturated heterocycles. The van der Waals surface area contributed by atoms with E-state index < -0.39 is 20.0 Å². The van der Waals surface area contributed by atoms with Crippen LogP contribution in [0, 0.1) is 13.8 Å². The third kappa shape index (κ3) is 10.5. The largest absolute Gasteiger partial charge is 0.299 e. The molecule has 3 rings (SSSR count). The second-order valence-corrected chi connectivity index (χ2v) is 15.6. The molecule has 0 amide bonds. The first-order valence-corrected chi connectivity index (χ1v) is 17.9. The topological polar surface area (TPSA) is 78.0 Å². The van der Waals surface area contributed by atoms with Crippen molar-refractivity contribution in [2.24, 2.45) is 0 Å². The van der Waals surface area contributed by atoms with Gasteiger partial charge in [0.15, 0.2) is 0 Å². The fraction of sp³-hybridized carbons (Fsp3) is 0.371. The summed E-state index contributed by atoms with van der Waals surface area (Å²) in [6, 6.07) is 24.0. The molecule has 0 radical (unpaired) electrons. The van der Waals surface area contributed by atoms with Gasteiger partial charge in [0.2, 0.25) is 20.0 Å². The summed E-state index contributed by atoms with van der Waals surface area (Å²) in [5, 5.41) is 0. The summed E-state index contributed by atoms with van der Waals surface area (Å²) >= 11 is 0. The van der Waals surface area contributed by atoms with E-state index in [0.717, 1.165) is 27.8 Å². The minimum Gasteiger partial charge on any atom is -0.299 e. The summed E-state index contributed by atoms with van der Waals surface area (Å²) < 4.78 is 57.1. The summed E-state index contributed by atoms with van der Waals surface area (Å²) in [5.41, 5.74) is 4.69. The first kappa shape index (κ1) is 35.4. The number of hydrogen-bond donors (Lipinski definition) is 0. The van der Waals surface area contributed by atoms with Crippen molar-refractivity contribution in [1.29, 1.82) is 0 Å². The predicted octanol–water partition coefficient (Wildman–Crippen LogP) is 6.42. The van der Waals surface area contributed by atoms with Gasteiger partial charge >= 0.3 is 0 Å². The normalized spacial score (nSPS) is 12.2. The van der Waals surface area contributed by atoms with Crippen molar-refractivity contribution in [2.75, 3.05) is 39.3 Å². The van der Waals surface area contributed by atoms with Crippen LogP contribution < -0.4 is 0 Å². The van der Waals surface area contributed by atoms with Crippen molar-refractivity contribution in [2.45, 2.75) is 56.9 Å². The van der Waals surface area contributed by atoms with E-state index in [1.54, 1.807) is 24.3 Å². The Bertz CT molecular complexity index is 1480. The molecule has 0 fully saturated rings. The maximum atomic E-state index is 13.5. The lowest BCUT2D eigenvalue weighted by atomic mass is 10.2. The standard InChI is InChI=1S/C35H47N3O4S2/c1-29(2)26-37(43(39,40)34-18-14-31(5)15-19-34)24-10-22-36(28-33-12-8-7-9-13-33)23-11-25-38(27-30(3)4)44(41,42)35-20-16-32(6)17-21-35/h7-9,12-21H,1,3,10-11,22-28H2,2,4-6H3. The number of sulfonamides is 2. The lowest BCUT2D eigenvalue weighted by Gasteiger charge is -2.27. The molecule has 44 heavy (non-hydrogen) atoms. The van der Waals surface area contributed by atoms with Gasteiger partial charge in [0.05, 0.1) is 9.79 Å². The van der Waals surface area contributed by atoms with Crippen molar-refractivity contribution in [3.63, 3.8) is 0 Å². The van der Waals surface area contributed by atoms with Crippen molar-refractivity contribution < 1.29 is 16.8 Å². The van der Waals surface area contributed by atoms with E-state index in [-0.39, 0.29) is 22.9 Å². The van der Waals surface area contributed by atoms with Crippen molar-refractivity contribution in [3.05, 3.63) is 120 Å². The number of aryl methyl sites for hydroxylation is 2. The summed E-state index contributed by atoms with van der Waals surface area (Å²) in [7, 11) is -7.37. The highest BCUT2D eigenvalue weighted by molar-refractivity contribution is 7.89. The minimum absolute atomic E-state index is 0.252. The van der Waals surface area contributed by atoms with Crippen LogP contribution in [0.25, 0.3) is 0 Å². The van der Waals surface area contributed by atoms with E-state index in [1.165, 1.54) is 8.61 Å². The molecule has 0 bridgehead atoms. The van der Waals surface area contributed by atoms with E-state index in [0.29, 0.717) is 45.6 Å². The average Bonchev–Trinajstić information content (AvgIpc) is 2.96. The Morgan fingerprint density at radius 2 is 0.977 bits per heavy atom. The molecule has 0 aromatic heterocycles. The Labute approximate surface area is 265 Å². The van der Waals surface area contributed by atoms with Gasteiger partial charge in [0.1, 0.15) is 0 Å². The molecule has 0 aliphatic rings. The van der Waals surface area contributed by atoms with E-state index in [4.69, 9.17) is 0 Å². The van der Waals surface area contributed by atoms with Gasteiger partial charge in [0, 0.05) is 32.7 Å². The van der Waals surface area contributed by atoms with Gasteiger partial charge in [0.25, 0.3) is 0 Å². The molecule has 0 heterocycles. The van der Waals surface area contributed by atoms with Crippen LogP contribution >= 0.6 is 0 Å². The highest BCUT2D eigenvalue weighted by atomic mass is 32.2. The van der Waals surface area contributed by atoms with Crippen LogP contribution in [0.1, 0.15) is 43.4 Å². The van der Waals surface area contributed by atoms with Crippen molar-refractivity contribution in [1.82, 2.24) is 13.5 Å². The summed E-state index contributed by atoms with van der Waals surface area (Å²) in [4.78, 5) is 2.82.